The summed E-state index contributed by atoms with van der Waals surface area (Å²) in [7, 11) is 0. The standard InChI is InChI=1S/C13H18ClN3OS/c1-8(2)17-12(18)5-6-16-11-4-3-9(14)7-10(11)13(15)19/h3-4,7-8,16H,5-6H2,1-2H3,(H2,15,19)(H,17,18). The smallest absolute Gasteiger partial charge is 0.221 e. The van der Waals surface area contributed by atoms with Crippen molar-refractivity contribution in [2.24, 2.45) is 5.73 Å². The van der Waals surface area contributed by atoms with Gasteiger partial charge in [0.25, 0.3) is 0 Å². The molecule has 0 bridgehead atoms. The van der Waals surface area contributed by atoms with E-state index in [0.717, 1.165) is 5.69 Å². The molecule has 0 spiro atoms. The lowest BCUT2D eigenvalue weighted by Gasteiger charge is -2.12. The van der Waals surface area contributed by atoms with Gasteiger partial charge in [-0.15, -0.1) is 0 Å². The molecule has 4 N–H and O–H groups in total. The molecule has 0 aliphatic heterocycles. The lowest BCUT2D eigenvalue weighted by molar-refractivity contribution is -0.121. The molecule has 0 saturated carbocycles. The molecule has 0 radical (unpaired) electrons. The van der Waals surface area contributed by atoms with Crippen LogP contribution in [0, 0.1) is 0 Å². The van der Waals surface area contributed by atoms with Crippen molar-refractivity contribution in [1.82, 2.24) is 5.32 Å². The van der Waals surface area contributed by atoms with Crippen LogP contribution in [-0.4, -0.2) is 23.5 Å². The summed E-state index contributed by atoms with van der Waals surface area (Å²) in [5.74, 6) is 0.00772. The Morgan fingerprint density at radius 3 is 2.74 bits per heavy atom. The van der Waals surface area contributed by atoms with Gasteiger partial charge in [-0.1, -0.05) is 23.8 Å². The van der Waals surface area contributed by atoms with Crippen LogP contribution in [0.15, 0.2) is 18.2 Å². The zero-order chi connectivity index (χ0) is 14.4. The number of rotatable bonds is 6. The molecule has 104 valence electrons. The van der Waals surface area contributed by atoms with Gasteiger partial charge in [-0.3, -0.25) is 4.79 Å². The van der Waals surface area contributed by atoms with E-state index in [-0.39, 0.29) is 16.9 Å². The SMILES string of the molecule is CC(C)NC(=O)CCNc1ccc(Cl)cc1C(N)=S. The Kier molecular flexibility index (Phi) is 6.05. The maximum Gasteiger partial charge on any atom is 0.221 e. The van der Waals surface area contributed by atoms with Crippen molar-refractivity contribution in [2.45, 2.75) is 26.3 Å². The van der Waals surface area contributed by atoms with Crippen LogP contribution >= 0.6 is 23.8 Å². The van der Waals surface area contributed by atoms with Crippen LogP contribution < -0.4 is 16.4 Å². The minimum absolute atomic E-state index is 0.00772. The summed E-state index contributed by atoms with van der Waals surface area (Å²) in [6.45, 7) is 4.36. The number of amides is 1. The Bertz CT molecular complexity index is 477. The van der Waals surface area contributed by atoms with Gasteiger partial charge in [0, 0.05) is 35.3 Å². The molecule has 1 aromatic carbocycles. The quantitative estimate of drug-likeness (QED) is 0.705. The Morgan fingerprint density at radius 1 is 1.47 bits per heavy atom. The molecular weight excluding hydrogens is 282 g/mol. The van der Waals surface area contributed by atoms with Gasteiger partial charge in [0.05, 0.1) is 0 Å². The number of thiocarbonyl (C=S) groups is 1. The number of carbonyl (C=O) groups is 1. The van der Waals surface area contributed by atoms with Crippen LogP contribution in [0.25, 0.3) is 0 Å². The van der Waals surface area contributed by atoms with Gasteiger partial charge in [0.1, 0.15) is 4.99 Å². The highest BCUT2D eigenvalue weighted by atomic mass is 35.5. The number of hydrogen-bond donors (Lipinski definition) is 3. The van der Waals surface area contributed by atoms with E-state index in [2.05, 4.69) is 10.6 Å². The lowest BCUT2D eigenvalue weighted by Crippen LogP contribution is -2.31. The largest absolute Gasteiger partial charge is 0.389 e. The van der Waals surface area contributed by atoms with Crippen molar-refractivity contribution < 1.29 is 4.79 Å². The number of hydrogen-bond acceptors (Lipinski definition) is 3. The molecule has 0 fully saturated rings. The summed E-state index contributed by atoms with van der Waals surface area (Å²) in [6, 6.07) is 5.41. The second-order valence-corrected chi connectivity index (χ2v) is 5.33. The maximum absolute atomic E-state index is 11.5. The molecule has 4 nitrogen and oxygen atoms in total. The molecule has 6 heteroatoms. The van der Waals surface area contributed by atoms with E-state index < -0.39 is 0 Å². The fraction of sp³-hybridized carbons (Fsp3) is 0.385. The number of halogens is 1. The van der Waals surface area contributed by atoms with E-state index in [0.29, 0.717) is 23.6 Å². The highest BCUT2D eigenvalue weighted by molar-refractivity contribution is 7.80. The van der Waals surface area contributed by atoms with Crippen LogP contribution in [-0.2, 0) is 4.79 Å². The minimum atomic E-state index is 0.00772. The van der Waals surface area contributed by atoms with Gasteiger partial charge in [-0.2, -0.15) is 0 Å². The minimum Gasteiger partial charge on any atom is -0.389 e. The molecule has 0 aliphatic carbocycles. The number of carbonyl (C=O) groups excluding carboxylic acids is 1. The normalized spacial score (nSPS) is 10.3. The van der Waals surface area contributed by atoms with Crippen molar-refractivity contribution in [3.8, 4) is 0 Å². The number of anilines is 1. The molecule has 1 aromatic rings. The zero-order valence-corrected chi connectivity index (χ0v) is 12.6. The summed E-state index contributed by atoms with van der Waals surface area (Å²) in [5.41, 5.74) is 7.11. The molecule has 0 saturated heterocycles. The Morgan fingerprint density at radius 2 is 2.16 bits per heavy atom. The van der Waals surface area contributed by atoms with E-state index in [4.69, 9.17) is 29.6 Å². The molecule has 19 heavy (non-hydrogen) atoms. The van der Waals surface area contributed by atoms with Gasteiger partial charge < -0.3 is 16.4 Å². The average Bonchev–Trinajstić information content (AvgIpc) is 2.29. The van der Waals surface area contributed by atoms with Crippen LogP contribution in [0.3, 0.4) is 0 Å². The molecular formula is C13H18ClN3OS. The van der Waals surface area contributed by atoms with Gasteiger partial charge in [0.15, 0.2) is 0 Å². The van der Waals surface area contributed by atoms with Gasteiger partial charge >= 0.3 is 0 Å². The molecule has 0 aromatic heterocycles. The average molecular weight is 300 g/mol. The third kappa shape index (κ3) is 5.44. The lowest BCUT2D eigenvalue weighted by atomic mass is 10.1. The van der Waals surface area contributed by atoms with E-state index >= 15 is 0 Å². The zero-order valence-electron chi connectivity index (χ0n) is 11.0. The Hall–Kier alpha value is -1.33. The Labute approximate surface area is 123 Å². The predicted molar refractivity (Wildman–Crippen MR) is 83.7 cm³/mol. The summed E-state index contributed by atoms with van der Waals surface area (Å²) in [4.78, 5) is 11.8. The summed E-state index contributed by atoms with van der Waals surface area (Å²) < 4.78 is 0. The van der Waals surface area contributed by atoms with Crippen molar-refractivity contribution in [2.75, 3.05) is 11.9 Å². The highest BCUT2D eigenvalue weighted by Crippen LogP contribution is 2.20. The van der Waals surface area contributed by atoms with Crippen LogP contribution in [0.1, 0.15) is 25.8 Å². The second kappa shape index (κ2) is 7.31. The van der Waals surface area contributed by atoms with Crippen LogP contribution in [0.4, 0.5) is 5.69 Å². The van der Waals surface area contributed by atoms with Gasteiger partial charge in [-0.25, -0.2) is 0 Å². The number of nitrogens with one attached hydrogen (secondary N) is 2. The summed E-state index contributed by atoms with van der Waals surface area (Å²) in [6.07, 6.45) is 0.386. The molecule has 0 atom stereocenters. The Balaban J connectivity index is 2.58. The summed E-state index contributed by atoms with van der Waals surface area (Å²) in [5, 5.41) is 6.54. The van der Waals surface area contributed by atoms with E-state index in [1.165, 1.54) is 0 Å². The topological polar surface area (TPSA) is 67.2 Å². The number of benzene rings is 1. The van der Waals surface area contributed by atoms with E-state index in [1.807, 2.05) is 13.8 Å². The summed E-state index contributed by atoms with van der Waals surface area (Å²) >= 11 is 10.9. The first-order chi connectivity index (χ1) is 8.90. The predicted octanol–water partition coefficient (Wildman–Crippen LogP) is 2.30. The molecule has 1 amide bonds. The first-order valence-corrected chi connectivity index (χ1v) is 6.81. The monoisotopic (exact) mass is 299 g/mol. The van der Waals surface area contributed by atoms with Crippen molar-refractivity contribution in [3.05, 3.63) is 28.8 Å². The molecule has 0 aliphatic rings. The van der Waals surface area contributed by atoms with Crippen LogP contribution in [0.2, 0.25) is 5.02 Å². The first kappa shape index (κ1) is 15.7. The fourth-order valence-corrected chi connectivity index (χ4v) is 1.92. The van der Waals surface area contributed by atoms with Crippen molar-refractivity contribution in [1.29, 1.82) is 0 Å². The third-order valence-electron chi connectivity index (χ3n) is 2.36. The van der Waals surface area contributed by atoms with Gasteiger partial charge in [0.2, 0.25) is 5.91 Å². The first-order valence-electron chi connectivity index (χ1n) is 6.02. The van der Waals surface area contributed by atoms with Gasteiger partial charge in [-0.05, 0) is 32.0 Å². The fourth-order valence-electron chi connectivity index (χ4n) is 1.58. The van der Waals surface area contributed by atoms with Crippen LogP contribution in [0.5, 0.6) is 0 Å². The maximum atomic E-state index is 11.5. The molecule has 0 unspecified atom stereocenters. The second-order valence-electron chi connectivity index (χ2n) is 4.45. The number of nitrogens with two attached hydrogens (primary N) is 1. The molecule has 0 heterocycles. The van der Waals surface area contributed by atoms with Crippen molar-refractivity contribution >= 4 is 40.4 Å². The van der Waals surface area contributed by atoms with E-state index in [9.17, 15) is 4.79 Å². The highest BCUT2D eigenvalue weighted by Gasteiger charge is 2.07. The van der Waals surface area contributed by atoms with E-state index in [1.54, 1.807) is 18.2 Å². The van der Waals surface area contributed by atoms with Crippen molar-refractivity contribution in [3.63, 3.8) is 0 Å². The third-order valence-corrected chi connectivity index (χ3v) is 2.82. The molecule has 1 rings (SSSR count).